The van der Waals surface area contributed by atoms with Crippen LogP contribution in [0.1, 0.15) is 0 Å². The minimum Gasteiger partial charge on any atom is -0.367 e. The summed E-state index contributed by atoms with van der Waals surface area (Å²) in [7, 11) is 0. The van der Waals surface area contributed by atoms with E-state index in [0.717, 1.165) is 30.8 Å². The molecule has 4 heterocycles. The van der Waals surface area contributed by atoms with Gasteiger partial charge in [-0.3, -0.25) is 0 Å². The molecule has 22 heavy (non-hydrogen) atoms. The van der Waals surface area contributed by atoms with Crippen molar-refractivity contribution in [1.82, 2.24) is 29.8 Å². The van der Waals surface area contributed by atoms with Crippen molar-refractivity contribution in [3.8, 4) is 0 Å². The van der Waals surface area contributed by atoms with E-state index in [1.54, 1.807) is 10.8 Å². The van der Waals surface area contributed by atoms with Crippen LogP contribution in [0.4, 0.5) is 16.0 Å². The summed E-state index contributed by atoms with van der Waals surface area (Å²) in [5.74, 6) is 1.13. The molecule has 0 spiro atoms. The Hall–Kier alpha value is -2.84. The van der Waals surface area contributed by atoms with Gasteiger partial charge in [0.05, 0.1) is 6.20 Å². The highest BCUT2D eigenvalue weighted by molar-refractivity contribution is 5.47. The summed E-state index contributed by atoms with van der Waals surface area (Å²) in [6.07, 6.45) is 4.06. The van der Waals surface area contributed by atoms with E-state index in [1.807, 2.05) is 12.1 Å². The molecular weight excluding hydrogens is 287 g/mol. The Morgan fingerprint density at radius 2 is 2.23 bits per heavy atom. The number of rotatable bonds is 4. The topological polar surface area (TPSA) is 84.1 Å². The molecule has 112 valence electrons. The molecule has 0 saturated carbocycles. The molecule has 1 N–H and O–H groups in total. The van der Waals surface area contributed by atoms with Crippen LogP contribution in [0.2, 0.25) is 0 Å². The Labute approximate surface area is 125 Å². The normalized spacial score (nSPS) is 15.0. The summed E-state index contributed by atoms with van der Waals surface area (Å²) >= 11 is 0. The highest BCUT2D eigenvalue weighted by Gasteiger charge is 2.28. The molecule has 3 aromatic rings. The number of nitrogens with zero attached hydrogens (tertiary/aromatic N) is 7. The monoisotopic (exact) mass is 300 g/mol. The second kappa shape index (κ2) is 5.17. The number of nitrogens with one attached hydrogen (secondary N) is 1. The number of hydrogen-bond donors (Lipinski definition) is 1. The van der Waals surface area contributed by atoms with Crippen LogP contribution in [0.3, 0.4) is 0 Å². The summed E-state index contributed by atoms with van der Waals surface area (Å²) in [5, 5.41) is 15.2. The summed E-state index contributed by atoms with van der Waals surface area (Å²) in [4.78, 5) is 9.65. The van der Waals surface area contributed by atoms with Gasteiger partial charge >= 0.3 is 0 Å². The predicted molar refractivity (Wildman–Crippen MR) is 77.0 cm³/mol. The summed E-state index contributed by atoms with van der Waals surface area (Å²) in [6, 6.07) is 3.81. The molecule has 0 unspecified atom stereocenters. The van der Waals surface area contributed by atoms with Gasteiger partial charge in [0.15, 0.2) is 17.3 Å². The molecule has 9 heteroatoms. The van der Waals surface area contributed by atoms with Gasteiger partial charge in [-0.2, -0.15) is 4.52 Å². The number of halogens is 1. The molecule has 1 fully saturated rings. The average Bonchev–Trinajstić information content (AvgIpc) is 2.95. The van der Waals surface area contributed by atoms with Crippen molar-refractivity contribution < 1.29 is 4.39 Å². The standard InChI is InChI=1S/C13H13FN8/c14-10-4-15-7-17-13(10)16-3-9-5-21(6-9)12-2-1-11-19-18-8-22(11)20-12/h1-2,4,7-9H,3,5-6H2,(H,15,16,17). The second-order valence-corrected chi connectivity index (χ2v) is 5.20. The minimum atomic E-state index is -0.432. The van der Waals surface area contributed by atoms with Crippen LogP contribution in [0.5, 0.6) is 0 Å². The van der Waals surface area contributed by atoms with Gasteiger partial charge in [-0.15, -0.1) is 15.3 Å². The lowest BCUT2D eigenvalue weighted by Gasteiger charge is -2.40. The molecule has 0 aliphatic carbocycles. The zero-order valence-corrected chi connectivity index (χ0v) is 11.6. The van der Waals surface area contributed by atoms with Crippen LogP contribution in [0, 0.1) is 11.7 Å². The molecule has 1 aliphatic rings. The van der Waals surface area contributed by atoms with Crippen LogP contribution in [-0.4, -0.2) is 49.4 Å². The SMILES string of the molecule is Fc1cncnc1NCC1CN(c2ccc3nncn3n2)C1. The van der Waals surface area contributed by atoms with Gasteiger partial charge in [-0.1, -0.05) is 0 Å². The van der Waals surface area contributed by atoms with Gasteiger partial charge in [-0.25, -0.2) is 14.4 Å². The Morgan fingerprint density at radius 3 is 3.09 bits per heavy atom. The van der Waals surface area contributed by atoms with E-state index >= 15 is 0 Å². The minimum absolute atomic E-state index is 0.248. The smallest absolute Gasteiger partial charge is 0.183 e. The third-order valence-corrected chi connectivity index (χ3v) is 3.65. The van der Waals surface area contributed by atoms with Crippen molar-refractivity contribution in [3.63, 3.8) is 0 Å². The number of anilines is 2. The fourth-order valence-electron chi connectivity index (χ4n) is 2.46. The van der Waals surface area contributed by atoms with E-state index in [9.17, 15) is 4.39 Å². The van der Waals surface area contributed by atoms with Crippen molar-refractivity contribution in [2.24, 2.45) is 5.92 Å². The van der Waals surface area contributed by atoms with E-state index < -0.39 is 5.82 Å². The first kappa shape index (κ1) is 12.9. The highest BCUT2D eigenvalue weighted by atomic mass is 19.1. The van der Waals surface area contributed by atoms with Gasteiger partial charge in [0, 0.05) is 25.6 Å². The molecule has 8 nitrogen and oxygen atoms in total. The molecule has 4 rings (SSSR count). The molecular formula is C13H13FN8. The van der Waals surface area contributed by atoms with E-state index in [4.69, 9.17) is 0 Å². The van der Waals surface area contributed by atoms with Crippen molar-refractivity contribution in [2.75, 3.05) is 29.9 Å². The third-order valence-electron chi connectivity index (χ3n) is 3.65. The highest BCUT2D eigenvalue weighted by Crippen LogP contribution is 2.23. The molecule has 0 atom stereocenters. The number of aromatic nitrogens is 6. The average molecular weight is 300 g/mol. The lowest BCUT2D eigenvalue weighted by Crippen LogP contribution is -2.50. The Balaban J connectivity index is 1.35. The first-order chi connectivity index (χ1) is 10.8. The van der Waals surface area contributed by atoms with E-state index in [1.165, 1.54) is 6.33 Å². The molecule has 0 radical (unpaired) electrons. The third kappa shape index (κ3) is 2.30. The predicted octanol–water partition coefficient (Wildman–Crippen LogP) is 0.602. The van der Waals surface area contributed by atoms with Crippen molar-refractivity contribution in [3.05, 3.63) is 36.8 Å². The van der Waals surface area contributed by atoms with Gasteiger partial charge < -0.3 is 10.2 Å². The zero-order chi connectivity index (χ0) is 14.9. The summed E-state index contributed by atoms with van der Waals surface area (Å²) in [6.45, 7) is 2.39. The Morgan fingerprint density at radius 1 is 1.32 bits per heavy atom. The van der Waals surface area contributed by atoms with Gasteiger partial charge in [0.1, 0.15) is 18.5 Å². The maximum Gasteiger partial charge on any atom is 0.183 e. The number of fused-ring (bicyclic) bond motifs is 1. The van der Waals surface area contributed by atoms with E-state index in [0.29, 0.717) is 12.5 Å². The lowest BCUT2D eigenvalue weighted by atomic mass is 10.0. The fraction of sp³-hybridized carbons (Fsp3) is 0.308. The molecule has 0 bridgehead atoms. The Kier molecular flexibility index (Phi) is 3.02. The second-order valence-electron chi connectivity index (χ2n) is 5.20. The Bertz CT molecular complexity index is 797. The van der Waals surface area contributed by atoms with Crippen LogP contribution < -0.4 is 10.2 Å². The molecule has 0 amide bonds. The van der Waals surface area contributed by atoms with E-state index in [2.05, 4.69) is 35.5 Å². The van der Waals surface area contributed by atoms with Gasteiger partial charge in [-0.05, 0) is 12.1 Å². The zero-order valence-electron chi connectivity index (χ0n) is 11.6. The fourth-order valence-corrected chi connectivity index (χ4v) is 2.46. The van der Waals surface area contributed by atoms with Gasteiger partial charge in [0.2, 0.25) is 0 Å². The first-order valence-electron chi connectivity index (χ1n) is 6.91. The van der Waals surface area contributed by atoms with Gasteiger partial charge in [0.25, 0.3) is 0 Å². The molecule has 3 aromatic heterocycles. The maximum absolute atomic E-state index is 13.4. The van der Waals surface area contributed by atoms with Crippen LogP contribution >= 0.6 is 0 Å². The molecule has 0 aromatic carbocycles. The summed E-state index contributed by atoms with van der Waals surface area (Å²) < 4.78 is 15.0. The van der Waals surface area contributed by atoms with Crippen molar-refractivity contribution in [2.45, 2.75) is 0 Å². The van der Waals surface area contributed by atoms with Crippen molar-refractivity contribution in [1.29, 1.82) is 0 Å². The van der Waals surface area contributed by atoms with Crippen LogP contribution in [0.25, 0.3) is 5.65 Å². The maximum atomic E-state index is 13.4. The number of hydrogen-bond acceptors (Lipinski definition) is 7. The largest absolute Gasteiger partial charge is 0.367 e. The van der Waals surface area contributed by atoms with E-state index in [-0.39, 0.29) is 5.82 Å². The summed E-state index contributed by atoms with van der Waals surface area (Å²) in [5.41, 5.74) is 0.724. The molecule has 1 saturated heterocycles. The lowest BCUT2D eigenvalue weighted by molar-refractivity contribution is 0.424. The molecule has 1 aliphatic heterocycles. The quantitative estimate of drug-likeness (QED) is 0.755. The first-order valence-corrected chi connectivity index (χ1v) is 6.91. The van der Waals surface area contributed by atoms with Crippen molar-refractivity contribution >= 4 is 17.3 Å². The van der Waals surface area contributed by atoms with Crippen LogP contribution in [0.15, 0.2) is 31.0 Å². The van der Waals surface area contributed by atoms with Crippen LogP contribution in [-0.2, 0) is 0 Å².